The largest absolute Gasteiger partial charge is 0.305 e. The van der Waals surface area contributed by atoms with Crippen LogP contribution in [0, 0.1) is 0 Å². The molecular weight excluding hydrogens is 190 g/mol. The van der Waals surface area contributed by atoms with E-state index in [1.807, 2.05) is 0 Å². The summed E-state index contributed by atoms with van der Waals surface area (Å²) in [4.78, 5) is 18.6. The number of nitrogens with one attached hydrogen (secondary N) is 1. The molecule has 5 heteroatoms. The fraction of sp³-hybridized carbons (Fsp3) is 0.125. The van der Waals surface area contributed by atoms with Crippen molar-refractivity contribution in [1.82, 2.24) is 9.97 Å². The Balaban J connectivity index is 2.74. The molecule has 0 atom stereocenters. The third-order valence-corrected chi connectivity index (χ3v) is 1.49. The molecule has 0 unspecified atom stereocenters. The van der Waals surface area contributed by atoms with Crippen LogP contribution in [0.3, 0.4) is 0 Å². The number of rotatable bonds is 2. The average molecular weight is 198 g/mol. The van der Waals surface area contributed by atoms with Crippen LogP contribution in [0.2, 0.25) is 5.15 Å². The minimum atomic E-state index is -0.273. The molecule has 1 aromatic rings. The van der Waals surface area contributed by atoms with E-state index < -0.39 is 0 Å². The highest BCUT2D eigenvalue weighted by Crippen LogP contribution is 2.13. The number of nitrogens with zero attached hydrogens (tertiary/aromatic N) is 2. The van der Waals surface area contributed by atoms with E-state index in [-0.39, 0.29) is 16.9 Å². The molecule has 4 nitrogen and oxygen atoms in total. The van der Waals surface area contributed by atoms with Crippen LogP contribution < -0.4 is 5.32 Å². The Morgan fingerprint density at radius 2 is 2.23 bits per heavy atom. The van der Waals surface area contributed by atoms with E-state index in [9.17, 15) is 4.79 Å². The van der Waals surface area contributed by atoms with Crippen molar-refractivity contribution in [2.24, 2.45) is 0 Å². The van der Waals surface area contributed by atoms with Gasteiger partial charge in [-0.1, -0.05) is 17.7 Å². The number of allylic oxidation sites excluding steroid dienone is 1. The highest BCUT2D eigenvalue weighted by Gasteiger charge is 2.03. The van der Waals surface area contributed by atoms with Crippen LogP contribution in [0.1, 0.15) is 6.92 Å². The van der Waals surface area contributed by atoms with Gasteiger partial charge in [0.25, 0.3) is 0 Å². The Hall–Kier alpha value is -1.42. The van der Waals surface area contributed by atoms with E-state index in [1.165, 1.54) is 18.5 Å². The normalized spacial score (nSPS) is 10.3. The van der Waals surface area contributed by atoms with Crippen molar-refractivity contribution in [2.45, 2.75) is 6.92 Å². The average Bonchev–Trinajstić information content (AvgIpc) is 2.09. The number of anilines is 1. The first-order chi connectivity index (χ1) is 6.24. The van der Waals surface area contributed by atoms with Gasteiger partial charge < -0.3 is 5.32 Å². The second kappa shape index (κ2) is 4.57. The first-order valence-electron chi connectivity index (χ1n) is 3.64. The third-order valence-electron chi connectivity index (χ3n) is 1.21. The van der Waals surface area contributed by atoms with E-state index >= 15 is 0 Å². The van der Waals surface area contributed by atoms with Crippen LogP contribution in [0.4, 0.5) is 5.82 Å². The molecule has 0 spiro atoms. The maximum absolute atomic E-state index is 11.0. The van der Waals surface area contributed by atoms with Crippen molar-refractivity contribution in [3.05, 3.63) is 29.7 Å². The van der Waals surface area contributed by atoms with Crippen molar-refractivity contribution in [3.8, 4) is 0 Å². The molecule has 1 aromatic heterocycles. The molecule has 68 valence electrons. The summed E-state index contributed by atoms with van der Waals surface area (Å²) in [5.74, 6) is -0.00262. The number of aromatic nitrogens is 2. The predicted molar refractivity (Wildman–Crippen MR) is 50.5 cm³/mol. The quantitative estimate of drug-likeness (QED) is 0.734. The molecule has 0 saturated carbocycles. The number of amides is 1. The monoisotopic (exact) mass is 197 g/mol. The summed E-state index contributed by atoms with van der Waals surface area (Å²) in [5.41, 5.74) is 0. The molecule has 0 fully saturated rings. The Bertz CT molecular complexity index is 338. The fourth-order valence-electron chi connectivity index (χ4n) is 0.715. The van der Waals surface area contributed by atoms with E-state index in [1.54, 1.807) is 13.0 Å². The highest BCUT2D eigenvalue weighted by atomic mass is 35.5. The zero-order valence-corrected chi connectivity index (χ0v) is 7.75. The Kier molecular flexibility index (Phi) is 3.40. The van der Waals surface area contributed by atoms with Gasteiger partial charge in [0.1, 0.15) is 0 Å². The Labute approximate surface area is 80.7 Å². The number of carbonyl (C=O) groups is 1. The number of halogens is 1. The van der Waals surface area contributed by atoms with Crippen LogP contribution >= 0.6 is 11.6 Å². The molecule has 1 N–H and O–H groups in total. The predicted octanol–water partition coefficient (Wildman–Crippen LogP) is 1.64. The van der Waals surface area contributed by atoms with Gasteiger partial charge >= 0.3 is 0 Å². The van der Waals surface area contributed by atoms with E-state index in [2.05, 4.69) is 15.3 Å². The SMILES string of the molecule is C/C=C/C(=O)Nc1nccnc1Cl. The topological polar surface area (TPSA) is 54.9 Å². The second-order valence-electron chi connectivity index (χ2n) is 2.19. The van der Waals surface area contributed by atoms with Crippen LogP contribution in [0.5, 0.6) is 0 Å². The Morgan fingerprint density at radius 1 is 1.54 bits per heavy atom. The molecule has 1 amide bonds. The lowest BCUT2D eigenvalue weighted by Crippen LogP contribution is -2.09. The third kappa shape index (κ3) is 2.83. The molecule has 0 aromatic carbocycles. The van der Waals surface area contributed by atoms with Gasteiger partial charge in [-0.3, -0.25) is 4.79 Å². The van der Waals surface area contributed by atoms with Crippen LogP contribution in [-0.4, -0.2) is 15.9 Å². The van der Waals surface area contributed by atoms with Crippen molar-refractivity contribution >= 4 is 23.3 Å². The molecule has 0 aliphatic heterocycles. The van der Waals surface area contributed by atoms with Gasteiger partial charge in [0.2, 0.25) is 5.91 Å². The molecule has 13 heavy (non-hydrogen) atoms. The zero-order valence-electron chi connectivity index (χ0n) is 6.99. The smallest absolute Gasteiger partial charge is 0.249 e. The number of hydrogen-bond donors (Lipinski definition) is 1. The van der Waals surface area contributed by atoms with Crippen molar-refractivity contribution < 1.29 is 4.79 Å². The van der Waals surface area contributed by atoms with Crippen molar-refractivity contribution in [1.29, 1.82) is 0 Å². The molecule has 0 saturated heterocycles. The van der Waals surface area contributed by atoms with E-state index in [0.717, 1.165) is 0 Å². The van der Waals surface area contributed by atoms with E-state index in [4.69, 9.17) is 11.6 Å². The number of carbonyl (C=O) groups excluding carboxylic acids is 1. The maximum Gasteiger partial charge on any atom is 0.249 e. The standard InChI is InChI=1S/C8H8ClN3O/c1-2-3-6(13)12-8-7(9)10-4-5-11-8/h2-5H,1H3,(H,11,12,13)/b3-2+. The lowest BCUT2D eigenvalue weighted by atomic mass is 10.5. The lowest BCUT2D eigenvalue weighted by Gasteiger charge is -2.00. The summed E-state index contributed by atoms with van der Waals surface area (Å²) in [5, 5.41) is 2.66. The molecule has 1 rings (SSSR count). The molecule has 0 bridgehead atoms. The highest BCUT2D eigenvalue weighted by molar-refractivity contribution is 6.32. The van der Waals surface area contributed by atoms with Gasteiger partial charge in [-0.25, -0.2) is 9.97 Å². The van der Waals surface area contributed by atoms with Crippen LogP contribution in [-0.2, 0) is 4.79 Å². The Morgan fingerprint density at radius 3 is 2.85 bits per heavy atom. The maximum atomic E-state index is 11.0. The van der Waals surface area contributed by atoms with Gasteiger partial charge in [-0.05, 0) is 13.0 Å². The molecule has 0 aliphatic carbocycles. The van der Waals surface area contributed by atoms with Gasteiger partial charge in [0.15, 0.2) is 11.0 Å². The summed E-state index contributed by atoms with van der Waals surface area (Å²) < 4.78 is 0. The van der Waals surface area contributed by atoms with E-state index in [0.29, 0.717) is 0 Å². The molecule has 0 radical (unpaired) electrons. The summed E-state index contributed by atoms with van der Waals surface area (Å²) >= 11 is 5.66. The van der Waals surface area contributed by atoms with Crippen molar-refractivity contribution in [3.63, 3.8) is 0 Å². The summed E-state index contributed by atoms with van der Waals surface area (Å²) in [6.07, 6.45) is 5.91. The summed E-state index contributed by atoms with van der Waals surface area (Å²) in [6, 6.07) is 0. The molecule has 0 aliphatic rings. The summed E-state index contributed by atoms with van der Waals surface area (Å²) in [6.45, 7) is 1.75. The fourth-order valence-corrected chi connectivity index (χ4v) is 0.867. The van der Waals surface area contributed by atoms with Gasteiger partial charge in [0, 0.05) is 12.4 Å². The lowest BCUT2D eigenvalue weighted by molar-refractivity contribution is -0.111. The van der Waals surface area contributed by atoms with Gasteiger partial charge in [-0.15, -0.1) is 0 Å². The minimum Gasteiger partial charge on any atom is -0.305 e. The van der Waals surface area contributed by atoms with Gasteiger partial charge in [0.05, 0.1) is 0 Å². The first-order valence-corrected chi connectivity index (χ1v) is 4.02. The zero-order chi connectivity index (χ0) is 9.68. The van der Waals surface area contributed by atoms with Crippen LogP contribution in [0.25, 0.3) is 0 Å². The molecule has 1 heterocycles. The second-order valence-corrected chi connectivity index (χ2v) is 2.54. The van der Waals surface area contributed by atoms with Crippen LogP contribution in [0.15, 0.2) is 24.5 Å². The first kappa shape index (κ1) is 9.67. The van der Waals surface area contributed by atoms with Crippen molar-refractivity contribution in [2.75, 3.05) is 5.32 Å². The van der Waals surface area contributed by atoms with Gasteiger partial charge in [-0.2, -0.15) is 0 Å². The minimum absolute atomic E-state index is 0.181. The summed E-state index contributed by atoms with van der Waals surface area (Å²) in [7, 11) is 0. The number of hydrogen-bond acceptors (Lipinski definition) is 3. The molecular formula is C8H8ClN3O.